The Morgan fingerprint density at radius 1 is 0.926 bits per heavy atom. The van der Waals surface area contributed by atoms with Crippen molar-refractivity contribution in [2.24, 2.45) is 0 Å². The molecule has 1 atom stereocenters. The Kier molecular flexibility index (Phi) is 12.9. The number of nitrogens with one attached hydrogen (secondary N) is 1. The number of phenolic OH excluding ortho intramolecular Hbond substituents is 1. The molecule has 0 amide bonds. The van der Waals surface area contributed by atoms with Crippen LogP contribution >= 0.6 is 15.9 Å². The number of hydrogen-bond donors (Lipinski definition) is 2. The van der Waals surface area contributed by atoms with E-state index >= 15 is 0 Å². The van der Waals surface area contributed by atoms with Crippen LogP contribution in [0.15, 0.2) is 18.2 Å². The van der Waals surface area contributed by atoms with Crippen molar-refractivity contribution in [3.05, 3.63) is 23.8 Å². The van der Waals surface area contributed by atoms with Crippen LogP contribution in [0.1, 0.15) is 96.5 Å². The summed E-state index contributed by atoms with van der Waals surface area (Å²) in [6.45, 7) is 6.91. The van der Waals surface area contributed by atoms with Crippen LogP contribution in [0.3, 0.4) is 0 Å². The number of hydrogen-bond acceptors (Lipinski definition) is 3. The Morgan fingerprint density at radius 2 is 1.48 bits per heavy atom. The Bertz CT molecular complexity index is 509. The number of aryl methyl sites for hydroxylation is 1. The molecule has 0 aliphatic carbocycles. The Labute approximate surface area is 175 Å². The normalized spacial score (nSPS) is 13.5. The summed E-state index contributed by atoms with van der Waals surface area (Å²) < 4.78 is 5.96. The van der Waals surface area contributed by atoms with Gasteiger partial charge in [-0.05, 0) is 50.3 Å². The van der Waals surface area contributed by atoms with Crippen LogP contribution in [-0.4, -0.2) is 16.3 Å². The average Bonchev–Trinajstić information content (AvgIpc) is 2.65. The monoisotopic (exact) mass is 441 g/mol. The fraction of sp³-hybridized carbons (Fsp3) is 0.739. The van der Waals surface area contributed by atoms with Crippen molar-refractivity contribution in [2.75, 3.05) is 12.0 Å². The summed E-state index contributed by atoms with van der Waals surface area (Å²) in [6.07, 6.45) is 14.8. The summed E-state index contributed by atoms with van der Waals surface area (Å²) in [4.78, 5) is 0. The van der Waals surface area contributed by atoms with E-state index in [1.54, 1.807) is 6.07 Å². The van der Waals surface area contributed by atoms with Crippen LogP contribution in [0.5, 0.6) is 5.75 Å². The van der Waals surface area contributed by atoms with Gasteiger partial charge in [-0.15, -0.1) is 0 Å². The van der Waals surface area contributed by atoms with Crippen molar-refractivity contribution >= 4 is 21.6 Å². The highest BCUT2D eigenvalue weighted by Gasteiger charge is 2.26. The van der Waals surface area contributed by atoms with Crippen molar-refractivity contribution in [1.82, 2.24) is 0 Å². The van der Waals surface area contributed by atoms with Gasteiger partial charge in [-0.1, -0.05) is 87.2 Å². The number of unbranched alkanes of at least 4 members (excludes halogenated alkanes) is 8. The van der Waals surface area contributed by atoms with Crippen molar-refractivity contribution in [2.45, 2.75) is 102 Å². The first-order chi connectivity index (χ1) is 13.0. The Morgan fingerprint density at radius 3 is 2.11 bits per heavy atom. The third-order valence-corrected chi connectivity index (χ3v) is 6.07. The molecule has 4 heteroatoms. The zero-order valence-corrected chi connectivity index (χ0v) is 19.2. The highest BCUT2D eigenvalue weighted by atomic mass is 79.9. The number of rotatable bonds is 16. The van der Waals surface area contributed by atoms with E-state index in [-0.39, 0.29) is 10.3 Å². The molecule has 1 aromatic rings. The molecule has 0 saturated carbocycles. The second-order valence-corrected chi connectivity index (χ2v) is 9.14. The molecule has 0 aromatic heterocycles. The molecule has 1 rings (SSSR count). The molecule has 0 spiro atoms. The molecule has 1 aromatic carbocycles. The maximum absolute atomic E-state index is 9.98. The molecule has 0 fully saturated rings. The lowest BCUT2D eigenvalue weighted by Gasteiger charge is -2.28. The first-order valence-electron chi connectivity index (χ1n) is 10.9. The van der Waals surface area contributed by atoms with Gasteiger partial charge in [0.15, 0.2) is 0 Å². The second-order valence-electron chi connectivity index (χ2n) is 7.70. The van der Waals surface area contributed by atoms with E-state index in [2.05, 4.69) is 35.1 Å². The Hall–Kier alpha value is -0.740. The van der Waals surface area contributed by atoms with E-state index in [9.17, 15) is 5.11 Å². The van der Waals surface area contributed by atoms with Crippen LogP contribution < -0.4 is 5.32 Å². The molecule has 0 bridgehead atoms. The smallest absolute Gasteiger partial charge is 0.138 e. The van der Waals surface area contributed by atoms with Crippen LogP contribution in [0.4, 0.5) is 5.69 Å². The maximum Gasteiger partial charge on any atom is 0.138 e. The largest absolute Gasteiger partial charge is 0.506 e. The molecule has 27 heavy (non-hydrogen) atoms. The minimum absolute atomic E-state index is 0.266. The van der Waals surface area contributed by atoms with E-state index < -0.39 is 0 Å². The summed E-state index contributed by atoms with van der Waals surface area (Å²) >= 11 is 3.90. The maximum atomic E-state index is 9.98. The zero-order valence-electron chi connectivity index (χ0n) is 17.7. The van der Waals surface area contributed by atoms with Gasteiger partial charge in [0.1, 0.15) is 17.0 Å². The van der Waals surface area contributed by atoms with Crippen LogP contribution in [0.25, 0.3) is 0 Å². The topological polar surface area (TPSA) is 41.5 Å². The molecule has 0 heterocycles. The van der Waals surface area contributed by atoms with Crippen LogP contribution in [0, 0.1) is 6.92 Å². The number of halogens is 1. The fourth-order valence-electron chi connectivity index (χ4n) is 3.29. The van der Waals surface area contributed by atoms with E-state index in [1.807, 2.05) is 19.1 Å². The van der Waals surface area contributed by atoms with E-state index in [4.69, 9.17) is 4.74 Å². The minimum atomic E-state index is -0.266. The molecule has 0 aliphatic rings. The lowest BCUT2D eigenvalue weighted by molar-refractivity contribution is 0.0272. The molecule has 2 N–H and O–H groups in total. The predicted octanol–water partition coefficient (Wildman–Crippen LogP) is 7.90. The van der Waals surface area contributed by atoms with Gasteiger partial charge in [0, 0.05) is 0 Å². The summed E-state index contributed by atoms with van der Waals surface area (Å²) in [5.74, 6) is 0.267. The lowest BCUT2D eigenvalue weighted by atomic mass is 10.0. The lowest BCUT2D eigenvalue weighted by Crippen LogP contribution is -2.28. The molecule has 3 nitrogen and oxygen atoms in total. The van der Waals surface area contributed by atoms with E-state index in [1.165, 1.54) is 64.2 Å². The van der Waals surface area contributed by atoms with Crippen molar-refractivity contribution in [3.8, 4) is 5.75 Å². The van der Waals surface area contributed by atoms with Gasteiger partial charge < -0.3 is 15.2 Å². The number of anilines is 1. The molecule has 1 unspecified atom stereocenters. The number of phenols is 1. The van der Waals surface area contributed by atoms with Crippen molar-refractivity contribution < 1.29 is 9.84 Å². The highest BCUT2D eigenvalue weighted by molar-refractivity contribution is 9.10. The van der Waals surface area contributed by atoms with Gasteiger partial charge in [0.25, 0.3) is 0 Å². The van der Waals surface area contributed by atoms with E-state index in [0.29, 0.717) is 6.73 Å². The summed E-state index contributed by atoms with van der Waals surface area (Å²) in [6, 6.07) is 5.58. The number of aromatic hydroxyl groups is 1. The second kappa shape index (κ2) is 14.3. The highest BCUT2D eigenvalue weighted by Crippen LogP contribution is 2.34. The standard InChI is InChI=1S/C23H40BrNO2/c1-4-6-8-10-11-13-17-23(24,16-12-9-7-5-2)27-19-25-21-18-20(3)14-15-22(21)26/h14-15,18,25-26H,4-13,16-17,19H2,1-3H3. The predicted molar refractivity (Wildman–Crippen MR) is 121 cm³/mol. The number of ether oxygens (including phenoxy) is 1. The zero-order chi connectivity index (χ0) is 20.0. The molecule has 156 valence electrons. The number of alkyl halides is 1. The van der Waals surface area contributed by atoms with Gasteiger partial charge in [-0.25, -0.2) is 0 Å². The molecule has 0 saturated heterocycles. The SMILES string of the molecule is CCCCCCCCC(Br)(CCCCCC)OCNc1cc(C)ccc1O. The fourth-order valence-corrected chi connectivity index (χ4v) is 3.96. The summed E-state index contributed by atoms with van der Waals surface area (Å²) in [5.41, 5.74) is 1.85. The molecular weight excluding hydrogens is 402 g/mol. The Balaban J connectivity index is 2.47. The quantitative estimate of drug-likeness (QED) is 0.118. The van der Waals surface area contributed by atoms with E-state index in [0.717, 1.165) is 24.1 Å². The van der Waals surface area contributed by atoms with Gasteiger partial charge in [0.05, 0.1) is 5.69 Å². The minimum Gasteiger partial charge on any atom is -0.506 e. The van der Waals surface area contributed by atoms with Crippen LogP contribution in [0.2, 0.25) is 0 Å². The molecule has 0 aliphatic heterocycles. The van der Waals surface area contributed by atoms with Gasteiger partial charge >= 0.3 is 0 Å². The first kappa shape index (κ1) is 24.3. The van der Waals surface area contributed by atoms with Crippen molar-refractivity contribution in [3.63, 3.8) is 0 Å². The first-order valence-corrected chi connectivity index (χ1v) is 11.7. The number of benzene rings is 1. The van der Waals surface area contributed by atoms with Crippen LogP contribution in [-0.2, 0) is 4.74 Å². The molecule has 0 radical (unpaired) electrons. The summed E-state index contributed by atoms with van der Waals surface area (Å²) in [7, 11) is 0. The average molecular weight is 442 g/mol. The third-order valence-electron chi connectivity index (χ3n) is 5.05. The van der Waals surface area contributed by atoms with Crippen molar-refractivity contribution in [1.29, 1.82) is 0 Å². The summed E-state index contributed by atoms with van der Waals surface area (Å²) in [5, 5.41) is 13.2. The third kappa shape index (κ3) is 11.0. The van der Waals surface area contributed by atoms with Gasteiger partial charge in [-0.2, -0.15) is 0 Å². The van der Waals surface area contributed by atoms with Gasteiger partial charge in [-0.3, -0.25) is 0 Å². The van der Waals surface area contributed by atoms with Gasteiger partial charge in [0.2, 0.25) is 0 Å². The molecular formula is C23H40BrNO2.